The maximum atomic E-state index is 13.5. The molecule has 110 valence electrons. The van der Waals surface area contributed by atoms with Gasteiger partial charge in [0, 0.05) is 24.6 Å². The fraction of sp³-hybridized carbons (Fsp3) is 0.500. The molecule has 2 atom stereocenters. The van der Waals surface area contributed by atoms with Crippen LogP contribution >= 0.6 is 0 Å². The molecule has 1 aliphatic carbocycles. The first kappa shape index (κ1) is 14.7. The van der Waals surface area contributed by atoms with Crippen LogP contribution in [0.4, 0.5) is 8.78 Å². The molecular formula is C14H17F2NO3. The average molecular weight is 285 g/mol. The van der Waals surface area contributed by atoms with Crippen molar-refractivity contribution in [3.8, 4) is 5.75 Å². The molecule has 0 bridgehead atoms. The van der Waals surface area contributed by atoms with Gasteiger partial charge in [0.25, 0.3) is 5.91 Å². The lowest BCUT2D eigenvalue weighted by molar-refractivity contribution is 0.0661. The van der Waals surface area contributed by atoms with Crippen molar-refractivity contribution in [1.82, 2.24) is 5.32 Å². The van der Waals surface area contributed by atoms with E-state index in [1.165, 1.54) is 0 Å². The summed E-state index contributed by atoms with van der Waals surface area (Å²) in [7, 11) is 0. The van der Waals surface area contributed by atoms with Gasteiger partial charge in [-0.3, -0.25) is 4.79 Å². The third-order valence-electron chi connectivity index (χ3n) is 3.66. The van der Waals surface area contributed by atoms with Gasteiger partial charge in [-0.1, -0.05) is 12.8 Å². The maximum Gasteiger partial charge on any atom is 0.258 e. The number of phenolic OH excluding ortho intramolecular Hbond substituents is 1. The molecule has 6 heteroatoms. The predicted octanol–water partition coefficient (Wildman–Crippen LogP) is 1.95. The Kier molecular flexibility index (Phi) is 4.54. The molecular weight excluding hydrogens is 268 g/mol. The van der Waals surface area contributed by atoms with Crippen LogP contribution in [0, 0.1) is 17.6 Å². The van der Waals surface area contributed by atoms with Crippen LogP contribution in [0.1, 0.15) is 36.0 Å². The Bertz CT molecular complexity index is 484. The van der Waals surface area contributed by atoms with Gasteiger partial charge in [0.15, 0.2) is 0 Å². The summed E-state index contributed by atoms with van der Waals surface area (Å²) in [6.07, 6.45) is 2.94. The van der Waals surface area contributed by atoms with E-state index < -0.39 is 35.0 Å². The fourth-order valence-electron chi connectivity index (χ4n) is 2.52. The minimum atomic E-state index is -1.11. The van der Waals surface area contributed by atoms with E-state index in [-0.39, 0.29) is 12.5 Å². The Morgan fingerprint density at radius 3 is 2.65 bits per heavy atom. The van der Waals surface area contributed by atoms with E-state index >= 15 is 0 Å². The van der Waals surface area contributed by atoms with Crippen molar-refractivity contribution in [2.45, 2.75) is 31.8 Å². The molecule has 3 N–H and O–H groups in total. The van der Waals surface area contributed by atoms with Crippen LogP contribution in [0.2, 0.25) is 0 Å². The number of rotatable bonds is 3. The Hall–Kier alpha value is -1.69. The Morgan fingerprint density at radius 2 is 2.00 bits per heavy atom. The Labute approximate surface area is 115 Å². The molecule has 1 aromatic rings. The molecule has 2 rings (SSSR count). The number of aromatic hydroxyl groups is 1. The summed E-state index contributed by atoms with van der Waals surface area (Å²) in [5.41, 5.74) is -0.573. The number of aliphatic hydroxyl groups is 1. The molecule has 1 amide bonds. The highest BCUT2D eigenvalue weighted by Crippen LogP contribution is 2.25. The summed E-state index contributed by atoms with van der Waals surface area (Å²) in [6, 6.07) is 1.23. The zero-order chi connectivity index (χ0) is 14.7. The number of nitrogens with one attached hydrogen (secondary N) is 1. The average Bonchev–Trinajstić information content (AvgIpc) is 2.36. The number of hydrogen-bond donors (Lipinski definition) is 3. The van der Waals surface area contributed by atoms with E-state index in [0.29, 0.717) is 18.6 Å². The standard InChI is InChI=1S/C14H17F2NO3/c15-9-5-10(16)13(12(19)6-9)14(20)17-7-8-3-1-2-4-11(8)18/h5-6,8,11,18-19H,1-4,7H2,(H,17,20)/t8-,11+/m0/s1. The second-order valence-corrected chi connectivity index (χ2v) is 5.10. The van der Waals surface area contributed by atoms with Gasteiger partial charge in [-0.15, -0.1) is 0 Å². The van der Waals surface area contributed by atoms with E-state index in [9.17, 15) is 23.8 Å². The van der Waals surface area contributed by atoms with E-state index in [1.54, 1.807) is 0 Å². The minimum Gasteiger partial charge on any atom is -0.507 e. The molecule has 1 aliphatic rings. The number of aliphatic hydroxyl groups excluding tert-OH is 1. The number of hydrogen-bond acceptors (Lipinski definition) is 3. The van der Waals surface area contributed by atoms with Crippen molar-refractivity contribution in [2.75, 3.05) is 6.54 Å². The number of carbonyl (C=O) groups excluding carboxylic acids is 1. The summed E-state index contributed by atoms with van der Waals surface area (Å²) in [4.78, 5) is 11.8. The number of phenols is 1. The fourth-order valence-corrected chi connectivity index (χ4v) is 2.52. The number of amides is 1. The normalized spacial score (nSPS) is 22.6. The number of carbonyl (C=O) groups is 1. The van der Waals surface area contributed by atoms with Gasteiger partial charge in [0.2, 0.25) is 0 Å². The van der Waals surface area contributed by atoms with Gasteiger partial charge in [0.1, 0.15) is 22.9 Å². The quantitative estimate of drug-likeness (QED) is 0.795. The van der Waals surface area contributed by atoms with Crippen LogP contribution in [0.25, 0.3) is 0 Å². The van der Waals surface area contributed by atoms with Gasteiger partial charge in [0.05, 0.1) is 6.10 Å². The smallest absolute Gasteiger partial charge is 0.258 e. The SMILES string of the molecule is O=C(NC[C@@H]1CCCC[C@H]1O)c1c(O)cc(F)cc1F. The summed E-state index contributed by atoms with van der Waals surface area (Å²) in [6.45, 7) is 0.205. The first-order valence-electron chi connectivity index (χ1n) is 6.63. The van der Waals surface area contributed by atoms with Gasteiger partial charge in [-0.25, -0.2) is 8.78 Å². The van der Waals surface area contributed by atoms with Crippen LogP contribution in [0.15, 0.2) is 12.1 Å². The Balaban J connectivity index is 2.02. The summed E-state index contributed by atoms with van der Waals surface area (Å²) in [5, 5.41) is 21.7. The second-order valence-electron chi connectivity index (χ2n) is 5.10. The molecule has 1 fully saturated rings. The lowest BCUT2D eigenvalue weighted by Gasteiger charge is -2.27. The van der Waals surface area contributed by atoms with Gasteiger partial charge < -0.3 is 15.5 Å². The van der Waals surface area contributed by atoms with Crippen LogP contribution < -0.4 is 5.32 Å². The van der Waals surface area contributed by atoms with Crippen LogP contribution in [-0.2, 0) is 0 Å². The van der Waals surface area contributed by atoms with Crippen LogP contribution in [0.3, 0.4) is 0 Å². The third kappa shape index (κ3) is 3.25. The molecule has 1 aromatic carbocycles. The molecule has 0 spiro atoms. The molecule has 0 heterocycles. The minimum absolute atomic E-state index is 0.0710. The molecule has 0 aromatic heterocycles. The number of benzene rings is 1. The lowest BCUT2D eigenvalue weighted by Crippen LogP contribution is -2.37. The van der Waals surface area contributed by atoms with Crippen molar-refractivity contribution in [3.63, 3.8) is 0 Å². The van der Waals surface area contributed by atoms with E-state index in [4.69, 9.17) is 0 Å². The van der Waals surface area contributed by atoms with E-state index in [0.717, 1.165) is 19.3 Å². The van der Waals surface area contributed by atoms with E-state index in [2.05, 4.69) is 5.32 Å². The highest BCUT2D eigenvalue weighted by Gasteiger charge is 2.25. The van der Waals surface area contributed by atoms with Gasteiger partial charge >= 0.3 is 0 Å². The summed E-state index contributed by atoms with van der Waals surface area (Å²) < 4.78 is 26.3. The molecule has 1 saturated carbocycles. The topological polar surface area (TPSA) is 69.6 Å². The summed E-state index contributed by atoms with van der Waals surface area (Å²) >= 11 is 0. The van der Waals surface area contributed by atoms with Crippen LogP contribution in [0.5, 0.6) is 5.75 Å². The monoisotopic (exact) mass is 285 g/mol. The first-order valence-corrected chi connectivity index (χ1v) is 6.63. The Morgan fingerprint density at radius 1 is 1.30 bits per heavy atom. The lowest BCUT2D eigenvalue weighted by atomic mass is 9.86. The van der Waals surface area contributed by atoms with Crippen molar-refractivity contribution < 1.29 is 23.8 Å². The second kappa shape index (κ2) is 6.17. The van der Waals surface area contributed by atoms with Crippen molar-refractivity contribution in [1.29, 1.82) is 0 Å². The van der Waals surface area contributed by atoms with Crippen LogP contribution in [-0.4, -0.2) is 28.8 Å². The van der Waals surface area contributed by atoms with Crippen molar-refractivity contribution in [2.24, 2.45) is 5.92 Å². The molecule has 0 unspecified atom stereocenters. The highest BCUT2D eigenvalue weighted by molar-refractivity contribution is 5.97. The van der Waals surface area contributed by atoms with E-state index in [1.807, 2.05) is 0 Å². The van der Waals surface area contributed by atoms with Crippen molar-refractivity contribution in [3.05, 3.63) is 29.3 Å². The molecule has 0 radical (unpaired) electrons. The zero-order valence-corrected chi connectivity index (χ0v) is 10.9. The maximum absolute atomic E-state index is 13.5. The first-order chi connectivity index (χ1) is 9.49. The highest BCUT2D eigenvalue weighted by atomic mass is 19.1. The zero-order valence-electron chi connectivity index (χ0n) is 10.9. The van der Waals surface area contributed by atoms with Gasteiger partial charge in [-0.05, 0) is 12.8 Å². The largest absolute Gasteiger partial charge is 0.507 e. The van der Waals surface area contributed by atoms with Gasteiger partial charge in [-0.2, -0.15) is 0 Å². The molecule has 0 aliphatic heterocycles. The van der Waals surface area contributed by atoms with Crippen molar-refractivity contribution >= 4 is 5.91 Å². The predicted molar refractivity (Wildman–Crippen MR) is 68.3 cm³/mol. The summed E-state index contributed by atoms with van der Waals surface area (Å²) in [5.74, 6) is -3.66. The third-order valence-corrected chi connectivity index (χ3v) is 3.66. The molecule has 4 nitrogen and oxygen atoms in total. The molecule has 0 saturated heterocycles. The molecule has 20 heavy (non-hydrogen) atoms. The number of halogens is 2.